The highest BCUT2D eigenvalue weighted by atomic mass is 16.5. The zero-order valence-corrected chi connectivity index (χ0v) is 22.2. The van der Waals surface area contributed by atoms with Gasteiger partial charge in [0.2, 0.25) is 0 Å². The SMILES string of the molecule is Cc1ccc(-c2n[nH]c(C(C)(C)C(=O)OC3C(C(C)(C)C)CC(C)CC3C(C)(C)C)n2)cc1.[HH]. The minimum Gasteiger partial charge on any atom is -0.461 e. The average molecular weight is 456 g/mol. The number of hydrogen-bond donors (Lipinski definition) is 1. The highest BCUT2D eigenvalue weighted by molar-refractivity contribution is 5.81. The Morgan fingerprint density at radius 3 is 1.97 bits per heavy atom. The molecule has 0 amide bonds. The number of hydrogen-bond acceptors (Lipinski definition) is 4. The molecule has 0 bridgehead atoms. The van der Waals surface area contributed by atoms with E-state index in [9.17, 15) is 4.79 Å². The second kappa shape index (κ2) is 8.88. The largest absolute Gasteiger partial charge is 0.461 e. The van der Waals surface area contributed by atoms with E-state index in [1.807, 2.05) is 45.0 Å². The summed E-state index contributed by atoms with van der Waals surface area (Å²) in [4.78, 5) is 18.3. The van der Waals surface area contributed by atoms with E-state index in [2.05, 4.69) is 63.6 Å². The number of benzene rings is 1. The first kappa shape index (κ1) is 25.5. The molecule has 0 spiro atoms. The smallest absolute Gasteiger partial charge is 0.319 e. The number of nitrogens with zero attached hydrogens (tertiary/aromatic N) is 2. The van der Waals surface area contributed by atoms with Crippen molar-refractivity contribution in [2.75, 3.05) is 0 Å². The van der Waals surface area contributed by atoms with Gasteiger partial charge in [0.25, 0.3) is 0 Å². The van der Waals surface area contributed by atoms with Gasteiger partial charge in [0.1, 0.15) is 17.3 Å². The van der Waals surface area contributed by atoms with Crippen molar-refractivity contribution in [2.24, 2.45) is 28.6 Å². The maximum Gasteiger partial charge on any atom is 0.319 e. The third-order valence-electron chi connectivity index (χ3n) is 7.47. The predicted molar refractivity (Wildman–Crippen MR) is 136 cm³/mol. The van der Waals surface area contributed by atoms with Crippen LogP contribution in [-0.4, -0.2) is 27.3 Å². The third kappa shape index (κ3) is 5.50. The Morgan fingerprint density at radius 1 is 0.970 bits per heavy atom. The van der Waals surface area contributed by atoms with Crippen molar-refractivity contribution in [1.82, 2.24) is 15.2 Å². The van der Waals surface area contributed by atoms with Gasteiger partial charge < -0.3 is 4.74 Å². The molecule has 0 radical (unpaired) electrons. The molecule has 1 aromatic heterocycles. The minimum atomic E-state index is -0.927. The zero-order valence-electron chi connectivity index (χ0n) is 22.2. The lowest BCUT2D eigenvalue weighted by Crippen LogP contribution is -2.51. The molecule has 5 heteroatoms. The van der Waals surface area contributed by atoms with Crippen molar-refractivity contribution in [2.45, 2.75) is 93.6 Å². The molecule has 1 fully saturated rings. The third-order valence-corrected chi connectivity index (χ3v) is 7.47. The number of carbonyl (C=O) groups excluding carboxylic acids is 1. The number of H-pyrrole nitrogens is 1. The lowest BCUT2D eigenvalue weighted by Gasteiger charge is -2.50. The van der Waals surface area contributed by atoms with Crippen molar-refractivity contribution in [3.05, 3.63) is 35.7 Å². The Kier molecular flexibility index (Phi) is 6.85. The van der Waals surface area contributed by atoms with Gasteiger partial charge in [-0.05, 0) is 50.4 Å². The Balaban J connectivity index is 0.00000408. The summed E-state index contributed by atoms with van der Waals surface area (Å²) in [6.07, 6.45) is 2.04. The maximum atomic E-state index is 13.6. The van der Waals surface area contributed by atoms with Crippen LogP contribution >= 0.6 is 0 Å². The molecule has 5 nitrogen and oxygen atoms in total. The summed E-state index contributed by atoms with van der Waals surface area (Å²) in [7, 11) is 0. The molecule has 0 saturated heterocycles. The lowest BCUT2D eigenvalue weighted by atomic mass is 9.59. The van der Waals surface area contributed by atoms with E-state index in [4.69, 9.17) is 4.74 Å². The molecule has 3 rings (SSSR count). The highest BCUT2D eigenvalue weighted by Gasteiger charge is 2.49. The Morgan fingerprint density at radius 2 is 1.48 bits per heavy atom. The summed E-state index contributed by atoms with van der Waals surface area (Å²) in [6.45, 7) is 21.7. The van der Waals surface area contributed by atoms with Crippen molar-refractivity contribution < 1.29 is 11.0 Å². The van der Waals surface area contributed by atoms with Gasteiger partial charge in [-0.25, -0.2) is 4.98 Å². The first-order valence-electron chi connectivity index (χ1n) is 12.3. The highest BCUT2D eigenvalue weighted by Crippen LogP contribution is 2.50. The summed E-state index contributed by atoms with van der Waals surface area (Å²) in [5.74, 6) is 2.13. The molecule has 2 atom stereocenters. The van der Waals surface area contributed by atoms with Crippen molar-refractivity contribution in [3.8, 4) is 11.4 Å². The zero-order chi connectivity index (χ0) is 24.8. The standard InChI is InChI=1S/C28H43N3O2.H2/c1-17-11-13-19(14-12-17)23-29-24(31-30-23)28(9,10)25(32)33-22-20(26(3,4)5)15-18(2)16-21(22)27(6,7)8;/h11-14,18,20-22H,15-16H2,1-10H3,(H,29,30,31);1H. The van der Waals surface area contributed by atoms with Gasteiger partial charge in [-0.15, -0.1) is 0 Å². The van der Waals surface area contributed by atoms with Crippen LogP contribution < -0.4 is 0 Å². The van der Waals surface area contributed by atoms with Crippen LogP contribution in [0.1, 0.15) is 88.0 Å². The fourth-order valence-corrected chi connectivity index (χ4v) is 5.11. The van der Waals surface area contributed by atoms with Crippen LogP contribution in [0.5, 0.6) is 0 Å². The van der Waals surface area contributed by atoms with Crippen LogP contribution in [0.4, 0.5) is 0 Å². The predicted octanol–water partition coefficient (Wildman–Crippen LogP) is 6.97. The second-order valence-corrected chi connectivity index (χ2v) is 12.9. The van der Waals surface area contributed by atoms with E-state index in [0.717, 1.165) is 18.4 Å². The first-order valence-corrected chi connectivity index (χ1v) is 12.3. The Hall–Kier alpha value is -2.17. The molecule has 1 saturated carbocycles. The van der Waals surface area contributed by atoms with Crippen LogP contribution in [0, 0.1) is 35.5 Å². The fraction of sp³-hybridized carbons (Fsp3) is 0.679. The number of nitrogens with one attached hydrogen (secondary N) is 1. The van der Waals surface area contributed by atoms with Gasteiger partial charge in [0.15, 0.2) is 5.82 Å². The van der Waals surface area contributed by atoms with Crippen molar-refractivity contribution in [1.29, 1.82) is 0 Å². The molecule has 0 aliphatic heterocycles. The monoisotopic (exact) mass is 455 g/mol. The number of esters is 1. The van der Waals surface area contributed by atoms with Gasteiger partial charge in [0, 0.05) is 18.8 Å². The topological polar surface area (TPSA) is 67.9 Å². The van der Waals surface area contributed by atoms with Crippen molar-refractivity contribution in [3.63, 3.8) is 0 Å². The molecule has 1 aliphatic carbocycles. The molecule has 184 valence electrons. The number of rotatable bonds is 4. The molecule has 1 N–H and O–H groups in total. The molecule has 2 aromatic rings. The lowest BCUT2D eigenvalue weighted by molar-refractivity contribution is -0.175. The average Bonchev–Trinajstić information content (AvgIpc) is 3.19. The van der Waals surface area contributed by atoms with Gasteiger partial charge >= 0.3 is 5.97 Å². The molecule has 1 aliphatic rings. The molecule has 33 heavy (non-hydrogen) atoms. The second-order valence-electron chi connectivity index (χ2n) is 12.9. The van der Waals surface area contributed by atoms with E-state index >= 15 is 0 Å². The normalized spacial score (nSPS) is 24.5. The van der Waals surface area contributed by atoms with Gasteiger partial charge in [-0.2, -0.15) is 5.10 Å². The van der Waals surface area contributed by atoms with E-state index in [1.54, 1.807) is 0 Å². The Labute approximate surface area is 201 Å². The van der Waals surface area contributed by atoms with Crippen LogP contribution in [0.25, 0.3) is 11.4 Å². The summed E-state index contributed by atoms with van der Waals surface area (Å²) in [6, 6.07) is 8.07. The quantitative estimate of drug-likeness (QED) is 0.505. The summed E-state index contributed by atoms with van der Waals surface area (Å²) in [5.41, 5.74) is 1.29. The number of aromatic nitrogens is 3. The number of aromatic amines is 1. The summed E-state index contributed by atoms with van der Waals surface area (Å²) < 4.78 is 6.44. The van der Waals surface area contributed by atoms with Crippen LogP contribution in [0.15, 0.2) is 24.3 Å². The number of aryl methyl sites for hydroxylation is 1. The maximum absolute atomic E-state index is 13.6. The molecular weight excluding hydrogens is 410 g/mol. The van der Waals surface area contributed by atoms with Gasteiger partial charge in [0.05, 0.1) is 0 Å². The molecule has 1 heterocycles. The van der Waals surface area contributed by atoms with Gasteiger partial charge in [-0.1, -0.05) is 78.3 Å². The van der Waals surface area contributed by atoms with E-state index < -0.39 is 5.41 Å². The van der Waals surface area contributed by atoms with E-state index in [0.29, 0.717) is 29.4 Å². The van der Waals surface area contributed by atoms with Gasteiger partial charge in [-0.3, -0.25) is 9.89 Å². The number of ether oxygens (including phenoxy) is 1. The number of carbonyl (C=O) groups is 1. The van der Waals surface area contributed by atoms with E-state index in [-0.39, 0.29) is 24.3 Å². The molecular formula is C28H45N3O2. The Bertz CT molecular complexity index is 943. The first-order chi connectivity index (χ1) is 15.1. The summed E-state index contributed by atoms with van der Waals surface area (Å²) in [5, 5.41) is 7.39. The summed E-state index contributed by atoms with van der Waals surface area (Å²) >= 11 is 0. The molecule has 1 aromatic carbocycles. The van der Waals surface area contributed by atoms with Crippen LogP contribution in [-0.2, 0) is 14.9 Å². The minimum absolute atomic E-state index is 0. The van der Waals surface area contributed by atoms with Crippen molar-refractivity contribution >= 4 is 5.97 Å². The fourth-order valence-electron chi connectivity index (χ4n) is 5.11. The van der Waals surface area contributed by atoms with Crippen LogP contribution in [0.3, 0.4) is 0 Å². The van der Waals surface area contributed by atoms with Crippen LogP contribution in [0.2, 0.25) is 0 Å². The van der Waals surface area contributed by atoms with E-state index in [1.165, 1.54) is 5.56 Å². The molecule has 2 unspecified atom stereocenters.